The van der Waals surface area contributed by atoms with Gasteiger partial charge in [0.05, 0.1) is 17.9 Å². The van der Waals surface area contributed by atoms with Crippen LogP contribution in [0.2, 0.25) is 0 Å². The Morgan fingerprint density at radius 1 is 1.00 bits per heavy atom. The molecule has 43 heavy (non-hydrogen) atoms. The summed E-state index contributed by atoms with van der Waals surface area (Å²) < 4.78 is 33.1. The number of rotatable bonds is 16. The summed E-state index contributed by atoms with van der Waals surface area (Å²) >= 11 is 0. The van der Waals surface area contributed by atoms with Gasteiger partial charge in [0, 0.05) is 24.8 Å². The Labute approximate surface area is 254 Å². The van der Waals surface area contributed by atoms with E-state index < -0.39 is 22.2 Å². The zero-order chi connectivity index (χ0) is 31.4. The smallest absolute Gasteiger partial charge is 0.409 e. The van der Waals surface area contributed by atoms with Gasteiger partial charge in [-0.05, 0) is 78.3 Å². The van der Waals surface area contributed by atoms with Gasteiger partial charge in [-0.25, -0.2) is 13.2 Å². The topological polar surface area (TPSA) is 165 Å². The van der Waals surface area contributed by atoms with Gasteiger partial charge in [-0.3, -0.25) is 4.79 Å². The molecule has 6 N–H and O–H groups in total. The number of nitrogen functional groups attached to an aromatic ring is 1. The lowest BCUT2D eigenvalue weighted by atomic mass is 9.96. The van der Waals surface area contributed by atoms with Crippen LogP contribution >= 0.6 is 0 Å². The summed E-state index contributed by atoms with van der Waals surface area (Å²) in [5.74, 6) is 0.208. The number of nitrogens with one attached hydrogen (secondary N) is 1. The van der Waals surface area contributed by atoms with Gasteiger partial charge >= 0.3 is 6.09 Å². The largest absolute Gasteiger partial charge is 0.411 e. The molecule has 3 aromatic carbocycles. The third kappa shape index (κ3) is 10.1. The van der Waals surface area contributed by atoms with Crippen molar-refractivity contribution < 1.29 is 27.9 Å². The van der Waals surface area contributed by atoms with E-state index in [1.807, 2.05) is 50.2 Å². The van der Waals surface area contributed by atoms with Gasteiger partial charge in [0.2, 0.25) is 15.9 Å². The molecule has 0 aliphatic rings. The van der Waals surface area contributed by atoms with Crippen LogP contribution in [0, 0.1) is 12.3 Å². The second-order valence-electron chi connectivity index (χ2n) is 10.7. The maximum Gasteiger partial charge on any atom is 0.409 e. The molecule has 10 nitrogen and oxygen atoms in total. The van der Waals surface area contributed by atoms with Crippen LogP contribution in [0.25, 0.3) is 11.1 Å². The molecule has 3 rings (SSSR count). The molecule has 1 atom stereocenters. The van der Waals surface area contributed by atoms with E-state index in [0.29, 0.717) is 43.7 Å². The first-order valence-electron chi connectivity index (χ1n) is 14.3. The second-order valence-corrected chi connectivity index (χ2v) is 12.6. The highest BCUT2D eigenvalue weighted by molar-refractivity contribution is 7.89. The molecule has 1 radical (unpaired) electrons. The Kier molecular flexibility index (Phi) is 12.5. The summed E-state index contributed by atoms with van der Waals surface area (Å²) in [4.78, 5) is 23.6. The molecule has 0 aromatic heterocycles. The quantitative estimate of drug-likeness (QED) is 0.140. The number of carbonyl (C=O) groups excluding carboxylic acids is 2. The van der Waals surface area contributed by atoms with Crippen molar-refractivity contribution in [3.63, 3.8) is 0 Å². The summed E-state index contributed by atoms with van der Waals surface area (Å²) in [5, 5.41) is 13.0. The molecule has 0 saturated carbocycles. The van der Waals surface area contributed by atoms with Crippen LogP contribution in [0.15, 0.2) is 77.7 Å². The predicted molar refractivity (Wildman–Crippen MR) is 167 cm³/mol. The van der Waals surface area contributed by atoms with Gasteiger partial charge in [-0.2, -0.15) is 4.31 Å². The average Bonchev–Trinajstić information content (AvgIpc) is 2.97. The van der Waals surface area contributed by atoms with Crippen molar-refractivity contribution in [2.45, 2.75) is 50.5 Å². The van der Waals surface area contributed by atoms with Crippen LogP contribution in [0.3, 0.4) is 0 Å². The summed E-state index contributed by atoms with van der Waals surface area (Å²) in [6, 6.07) is 20.1. The summed E-state index contributed by atoms with van der Waals surface area (Å²) in [7, 11) is -3.83. The molecular weight excluding hydrogens is 568 g/mol. The number of ether oxygens (including phenoxy) is 1. The normalized spacial score (nSPS) is 12.3. The van der Waals surface area contributed by atoms with Crippen LogP contribution in [0.5, 0.6) is 5.75 Å². The standard InChI is InChI=1S/C32H41N4O6S/c1-23(2)21-36(43(40,41)29-17-13-26(33)14-18-29)27(22-37)8-5-6-20-35-31(38)19-12-24-7-3-4-9-30(24)25-10-15-28(16-11-25)42-32(34)39/h3-4,7,9-11,13-19,23,27,37H,5-6,8,12,20-22,33H2,1-2H3,(H2,34,39)(H,35,38). The number of nitrogens with two attached hydrogens (primary N) is 2. The number of sulfonamides is 1. The first-order chi connectivity index (χ1) is 20.5. The molecule has 0 spiro atoms. The Morgan fingerprint density at radius 3 is 2.30 bits per heavy atom. The average molecular weight is 610 g/mol. The first-order valence-corrected chi connectivity index (χ1v) is 15.7. The first kappa shape index (κ1) is 33.6. The lowest BCUT2D eigenvalue weighted by Crippen LogP contribution is -2.44. The van der Waals surface area contributed by atoms with Crippen molar-refractivity contribution in [1.82, 2.24) is 9.62 Å². The minimum absolute atomic E-state index is 0.0628. The SMILES string of the molecule is CC(C)CN(C(CO)CCCCNC(=O)[CH]Cc1ccccc1-c1ccc(OC(N)=O)cc1)S(=O)(=O)c1ccc(N)cc1. The Hall–Kier alpha value is -3.93. The number of nitrogens with zero attached hydrogens (tertiary/aromatic N) is 1. The van der Waals surface area contributed by atoms with Gasteiger partial charge in [0.25, 0.3) is 0 Å². The molecular formula is C32H41N4O6S. The maximum absolute atomic E-state index is 13.4. The number of unbranched alkanes of at least 4 members (excludes halogenated alkanes) is 1. The Morgan fingerprint density at radius 2 is 1.67 bits per heavy atom. The van der Waals surface area contributed by atoms with Gasteiger partial charge < -0.3 is 26.6 Å². The van der Waals surface area contributed by atoms with Crippen molar-refractivity contribution in [2.75, 3.05) is 25.4 Å². The lowest BCUT2D eigenvalue weighted by Gasteiger charge is -2.31. The monoisotopic (exact) mass is 609 g/mol. The number of benzene rings is 3. The highest BCUT2D eigenvalue weighted by Crippen LogP contribution is 2.27. The third-order valence-corrected chi connectivity index (χ3v) is 8.75. The zero-order valence-electron chi connectivity index (χ0n) is 24.6. The minimum Gasteiger partial charge on any atom is -0.411 e. The van der Waals surface area contributed by atoms with E-state index in [0.717, 1.165) is 16.7 Å². The maximum atomic E-state index is 13.4. The zero-order valence-corrected chi connectivity index (χ0v) is 25.4. The molecule has 11 heteroatoms. The second kappa shape index (κ2) is 16.1. The van der Waals surface area contributed by atoms with Crippen LogP contribution in [-0.2, 0) is 21.2 Å². The number of hydrogen-bond acceptors (Lipinski definition) is 7. The highest BCUT2D eigenvalue weighted by atomic mass is 32.2. The molecule has 0 aliphatic heterocycles. The van der Waals surface area contributed by atoms with Crippen molar-refractivity contribution >= 4 is 27.7 Å². The van der Waals surface area contributed by atoms with Crippen LogP contribution in [0.1, 0.15) is 38.7 Å². The number of primary amides is 1. The van der Waals surface area contributed by atoms with Crippen LogP contribution in [-0.4, -0.2) is 55.6 Å². The van der Waals surface area contributed by atoms with E-state index in [-0.39, 0.29) is 29.9 Å². The van der Waals surface area contributed by atoms with Gasteiger partial charge in [-0.15, -0.1) is 0 Å². The van der Waals surface area contributed by atoms with Crippen molar-refractivity contribution in [3.8, 4) is 16.9 Å². The Balaban J connectivity index is 1.50. The highest BCUT2D eigenvalue weighted by Gasteiger charge is 2.31. The number of anilines is 1. The van der Waals surface area contributed by atoms with E-state index >= 15 is 0 Å². The van der Waals surface area contributed by atoms with Gasteiger partial charge in [0.1, 0.15) is 5.75 Å². The van der Waals surface area contributed by atoms with Gasteiger partial charge in [0.15, 0.2) is 0 Å². The summed E-state index contributed by atoms with van der Waals surface area (Å²) in [5.41, 5.74) is 14.1. The number of amides is 2. The summed E-state index contributed by atoms with van der Waals surface area (Å²) in [6.45, 7) is 4.26. The number of aliphatic hydroxyl groups is 1. The van der Waals surface area contributed by atoms with Crippen LogP contribution < -0.4 is 21.5 Å². The summed E-state index contributed by atoms with van der Waals surface area (Å²) in [6.07, 6.45) is 2.83. The molecule has 0 bridgehead atoms. The molecule has 2 amide bonds. The molecule has 231 valence electrons. The van der Waals surface area contributed by atoms with E-state index in [1.165, 1.54) is 16.4 Å². The van der Waals surface area contributed by atoms with Crippen molar-refractivity contribution in [1.29, 1.82) is 0 Å². The van der Waals surface area contributed by atoms with E-state index in [4.69, 9.17) is 16.2 Å². The lowest BCUT2D eigenvalue weighted by molar-refractivity contribution is -0.117. The molecule has 0 saturated heterocycles. The third-order valence-electron chi connectivity index (χ3n) is 6.82. The molecule has 1 unspecified atom stereocenters. The predicted octanol–water partition coefficient (Wildman–Crippen LogP) is 4.13. The molecule has 3 aromatic rings. The fourth-order valence-electron chi connectivity index (χ4n) is 4.69. The molecule has 0 fully saturated rings. The van der Waals surface area contributed by atoms with Gasteiger partial charge in [-0.1, -0.05) is 56.7 Å². The number of hydrogen-bond donors (Lipinski definition) is 4. The van der Waals surface area contributed by atoms with Crippen molar-refractivity contribution in [3.05, 3.63) is 84.8 Å². The van der Waals surface area contributed by atoms with E-state index in [9.17, 15) is 23.1 Å². The van der Waals surface area contributed by atoms with Crippen molar-refractivity contribution in [2.24, 2.45) is 11.7 Å². The van der Waals surface area contributed by atoms with Crippen LogP contribution in [0.4, 0.5) is 10.5 Å². The number of aliphatic hydroxyl groups excluding tert-OH is 1. The minimum atomic E-state index is -3.83. The van der Waals surface area contributed by atoms with E-state index in [2.05, 4.69) is 5.32 Å². The van der Waals surface area contributed by atoms with E-state index in [1.54, 1.807) is 30.7 Å². The molecule has 0 aliphatic carbocycles. The fourth-order valence-corrected chi connectivity index (χ4v) is 6.50. The fraction of sp³-hybridized carbons (Fsp3) is 0.344. The Bertz CT molecular complexity index is 1440. The number of carbonyl (C=O) groups is 2. The molecule has 0 heterocycles.